The van der Waals surface area contributed by atoms with E-state index in [2.05, 4.69) is 11.9 Å². The molecule has 0 aromatic rings. The Morgan fingerprint density at radius 3 is 2.83 bits per heavy atom. The van der Waals surface area contributed by atoms with Gasteiger partial charge in [-0.25, -0.2) is 0 Å². The minimum Gasteiger partial charge on any atom is -0.296 e. The van der Waals surface area contributed by atoms with Gasteiger partial charge in [0.15, 0.2) is 0 Å². The highest BCUT2D eigenvalue weighted by Crippen LogP contribution is 2.21. The summed E-state index contributed by atoms with van der Waals surface area (Å²) in [5, 5.41) is 2.32. The van der Waals surface area contributed by atoms with Crippen molar-refractivity contribution < 1.29 is 9.59 Å². The van der Waals surface area contributed by atoms with Crippen LogP contribution in [-0.2, 0) is 9.59 Å². The average Bonchev–Trinajstić information content (AvgIpc) is 2.03. The van der Waals surface area contributed by atoms with Crippen molar-refractivity contribution in [3.63, 3.8) is 0 Å². The Hall–Kier alpha value is -1.12. The lowest BCUT2D eigenvalue weighted by Gasteiger charge is -2.23. The summed E-state index contributed by atoms with van der Waals surface area (Å²) in [6.07, 6.45) is 2.85. The Balaban J connectivity index is 2.62. The number of piperidine rings is 1. The number of carbonyl (C=O) groups excluding carboxylic acids is 2. The molecular weight excluding hydrogens is 154 g/mol. The van der Waals surface area contributed by atoms with Gasteiger partial charge in [0.05, 0.1) is 0 Å². The fourth-order valence-electron chi connectivity index (χ4n) is 1.38. The first-order valence-corrected chi connectivity index (χ1v) is 4.11. The molecule has 0 aromatic heterocycles. The van der Waals surface area contributed by atoms with Crippen LogP contribution in [0.3, 0.4) is 0 Å². The highest BCUT2D eigenvalue weighted by atomic mass is 16.2. The van der Waals surface area contributed by atoms with Gasteiger partial charge in [-0.3, -0.25) is 14.9 Å². The van der Waals surface area contributed by atoms with Crippen molar-refractivity contribution in [1.82, 2.24) is 5.32 Å². The zero-order valence-electron chi connectivity index (χ0n) is 7.17. The van der Waals surface area contributed by atoms with E-state index in [1.54, 1.807) is 6.08 Å². The van der Waals surface area contributed by atoms with Crippen molar-refractivity contribution in [1.29, 1.82) is 0 Å². The van der Waals surface area contributed by atoms with Crippen LogP contribution in [0.1, 0.15) is 19.8 Å². The Bertz CT molecular complexity index is 223. The number of nitrogens with one attached hydrogen (secondary N) is 1. The lowest BCUT2D eigenvalue weighted by atomic mass is 9.87. The molecule has 1 rings (SSSR count). The van der Waals surface area contributed by atoms with Crippen LogP contribution < -0.4 is 5.32 Å². The molecule has 0 spiro atoms. The van der Waals surface area contributed by atoms with Crippen LogP contribution in [0.2, 0.25) is 0 Å². The summed E-state index contributed by atoms with van der Waals surface area (Å²) >= 11 is 0. The number of carbonyl (C=O) groups is 2. The Morgan fingerprint density at radius 2 is 2.33 bits per heavy atom. The summed E-state index contributed by atoms with van der Waals surface area (Å²) in [4.78, 5) is 22.0. The van der Waals surface area contributed by atoms with Crippen molar-refractivity contribution in [2.24, 2.45) is 11.8 Å². The monoisotopic (exact) mass is 167 g/mol. The molecular formula is C9H13NO2. The summed E-state index contributed by atoms with van der Waals surface area (Å²) in [5.41, 5.74) is 0. The number of rotatable bonds is 2. The Kier molecular flexibility index (Phi) is 2.63. The summed E-state index contributed by atoms with van der Waals surface area (Å²) < 4.78 is 0. The molecule has 0 saturated carbocycles. The van der Waals surface area contributed by atoms with E-state index in [0.29, 0.717) is 12.8 Å². The van der Waals surface area contributed by atoms with Crippen LogP contribution >= 0.6 is 0 Å². The molecule has 0 aliphatic carbocycles. The minimum absolute atomic E-state index is 0.0693. The van der Waals surface area contributed by atoms with Gasteiger partial charge in [-0.05, 0) is 12.3 Å². The summed E-state index contributed by atoms with van der Waals surface area (Å²) in [6.45, 7) is 5.56. The standard InChI is InChI=1S/C9H13NO2/c1-3-6(2)7-4-5-8(11)10-9(7)12/h3,6-7H,1,4-5H2,2H3,(H,10,11,12). The average molecular weight is 167 g/mol. The molecule has 1 heterocycles. The number of hydrogen-bond donors (Lipinski definition) is 1. The largest absolute Gasteiger partial charge is 0.296 e. The first kappa shape index (κ1) is 8.97. The van der Waals surface area contributed by atoms with Crippen LogP contribution in [0.25, 0.3) is 0 Å². The van der Waals surface area contributed by atoms with Gasteiger partial charge in [0, 0.05) is 12.3 Å². The number of allylic oxidation sites excluding steroid dienone is 1. The van der Waals surface area contributed by atoms with Gasteiger partial charge < -0.3 is 0 Å². The third kappa shape index (κ3) is 1.72. The van der Waals surface area contributed by atoms with Gasteiger partial charge >= 0.3 is 0 Å². The number of hydrogen-bond acceptors (Lipinski definition) is 2. The molecule has 66 valence electrons. The molecule has 2 unspecified atom stereocenters. The molecule has 12 heavy (non-hydrogen) atoms. The fraction of sp³-hybridized carbons (Fsp3) is 0.556. The third-order valence-electron chi connectivity index (χ3n) is 2.29. The van der Waals surface area contributed by atoms with Crippen LogP contribution in [0.4, 0.5) is 0 Å². The van der Waals surface area contributed by atoms with Crippen molar-refractivity contribution >= 4 is 11.8 Å². The van der Waals surface area contributed by atoms with E-state index < -0.39 is 0 Å². The highest BCUT2D eigenvalue weighted by Gasteiger charge is 2.29. The lowest BCUT2D eigenvalue weighted by Crippen LogP contribution is -2.42. The first-order valence-electron chi connectivity index (χ1n) is 4.11. The van der Waals surface area contributed by atoms with Crippen molar-refractivity contribution in [2.75, 3.05) is 0 Å². The topological polar surface area (TPSA) is 46.2 Å². The molecule has 1 N–H and O–H groups in total. The number of imide groups is 1. The van der Waals surface area contributed by atoms with E-state index in [-0.39, 0.29) is 23.7 Å². The molecule has 1 saturated heterocycles. The highest BCUT2D eigenvalue weighted by molar-refractivity contribution is 5.98. The molecule has 1 aliphatic rings. The van der Waals surface area contributed by atoms with Crippen molar-refractivity contribution in [3.8, 4) is 0 Å². The van der Waals surface area contributed by atoms with Crippen LogP contribution in [0.15, 0.2) is 12.7 Å². The molecule has 1 aliphatic heterocycles. The normalized spacial score (nSPS) is 26.2. The second-order valence-corrected chi connectivity index (χ2v) is 3.15. The molecule has 0 radical (unpaired) electrons. The predicted molar refractivity (Wildman–Crippen MR) is 45.2 cm³/mol. The smallest absolute Gasteiger partial charge is 0.230 e. The summed E-state index contributed by atoms with van der Waals surface area (Å²) in [6, 6.07) is 0. The maximum Gasteiger partial charge on any atom is 0.230 e. The van der Waals surface area contributed by atoms with Gasteiger partial charge in [0.2, 0.25) is 11.8 Å². The third-order valence-corrected chi connectivity index (χ3v) is 2.29. The van der Waals surface area contributed by atoms with E-state index >= 15 is 0 Å². The molecule has 2 atom stereocenters. The minimum atomic E-state index is -0.160. The zero-order chi connectivity index (χ0) is 9.14. The van der Waals surface area contributed by atoms with Crippen LogP contribution in [0, 0.1) is 11.8 Å². The van der Waals surface area contributed by atoms with Gasteiger partial charge in [-0.1, -0.05) is 13.0 Å². The van der Waals surface area contributed by atoms with Crippen molar-refractivity contribution in [3.05, 3.63) is 12.7 Å². The van der Waals surface area contributed by atoms with E-state index in [9.17, 15) is 9.59 Å². The zero-order valence-corrected chi connectivity index (χ0v) is 7.17. The summed E-state index contributed by atoms with van der Waals surface area (Å²) in [7, 11) is 0. The van der Waals surface area contributed by atoms with Gasteiger partial charge in [0.1, 0.15) is 0 Å². The maximum absolute atomic E-state index is 11.2. The predicted octanol–water partition coefficient (Wildman–Crippen LogP) is 0.861. The first-order chi connectivity index (χ1) is 5.65. The lowest BCUT2D eigenvalue weighted by molar-refractivity contribution is -0.137. The second kappa shape index (κ2) is 3.52. The van der Waals surface area contributed by atoms with E-state index in [1.165, 1.54) is 0 Å². The van der Waals surface area contributed by atoms with Crippen LogP contribution in [-0.4, -0.2) is 11.8 Å². The summed E-state index contributed by atoms with van der Waals surface area (Å²) in [5.74, 6) is -0.232. The number of amides is 2. The fourth-order valence-corrected chi connectivity index (χ4v) is 1.38. The SMILES string of the molecule is C=CC(C)C1CCC(=O)NC1=O. The molecule has 1 fully saturated rings. The molecule has 0 bridgehead atoms. The van der Waals surface area contributed by atoms with Crippen molar-refractivity contribution in [2.45, 2.75) is 19.8 Å². The Labute approximate surface area is 71.8 Å². The van der Waals surface area contributed by atoms with Crippen LogP contribution in [0.5, 0.6) is 0 Å². The van der Waals surface area contributed by atoms with E-state index in [1.807, 2.05) is 6.92 Å². The molecule has 3 nitrogen and oxygen atoms in total. The quantitative estimate of drug-likeness (QED) is 0.489. The molecule has 3 heteroatoms. The van der Waals surface area contributed by atoms with E-state index in [4.69, 9.17) is 0 Å². The van der Waals surface area contributed by atoms with Gasteiger partial charge in [-0.2, -0.15) is 0 Å². The maximum atomic E-state index is 11.2. The molecule has 0 aromatic carbocycles. The Morgan fingerprint density at radius 1 is 1.67 bits per heavy atom. The van der Waals surface area contributed by atoms with E-state index in [0.717, 1.165) is 0 Å². The second-order valence-electron chi connectivity index (χ2n) is 3.15. The molecule has 2 amide bonds. The van der Waals surface area contributed by atoms with Gasteiger partial charge in [-0.15, -0.1) is 6.58 Å². The van der Waals surface area contributed by atoms with Gasteiger partial charge in [0.25, 0.3) is 0 Å².